The third kappa shape index (κ3) is 15.0. The molecule has 134 heavy (non-hydrogen) atoms. The van der Waals surface area contributed by atoms with Gasteiger partial charge in [-0.1, -0.05) is 146 Å². The minimum Gasteiger partial charge on any atom is -0.457 e. The zero-order valence-electron chi connectivity index (χ0n) is 71.9. The molecule has 25 rings (SSSR count). The Hall–Kier alpha value is -16.7. The van der Waals surface area contributed by atoms with Crippen LogP contribution in [0.15, 0.2) is 322 Å². The van der Waals surface area contributed by atoms with Gasteiger partial charge in [-0.25, -0.2) is 0 Å². The van der Waals surface area contributed by atoms with Gasteiger partial charge in [0.25, 0.3) is 25.2 Å². The van der Waals surface area contributed by atoms with Crippen molar-refractivity contribution in [3.63, 3.8) is 0 Å². The van der Waals surface area contributed by atoms with Gasteiger partial charge in [0.15, 0.2) is 18.9 Å². The Morgan fingerprint density at radius 1 is 0.179 bits per heavy atom. The molecule has 0 spiro atoms. The van der Waals surface area contributed by atoms with E-state index < -0.39 is 48.8 Å². The van der Waals surface area contributed by atoms with Gasteiger partial charge in [-0.3, -0.25) is 14.4 Å². The molecule has 0 N–H and O–H groups in total. The quantitative estimate of drug-likeness (QED) is 0.0877. The number of hydrogen-bond acceptors (Lipinski definition) is 19. The predicted octanol–water partition coefficient (Wildman–Crippen LogP) is 28.0. The van der Waals surface area contributed by atoms with Crippen LogP contribution in [0.1, 0.15) is 195 Å². The lowest BCUT2D eigenvalue weighted by Crippen LogP contribution is -2.26. The molecule has 19 nitrogen and oxygen atoms in total. The molecule has 19 heteroatoms. The first-order valence-electron chi connectivity index (χ1n) is 45.1. The van der Waals surface area contributed by atoms with Gasteiger partial charge in [-0.2, -0.15) is 0 Å². The largest absolute Gasteiger partial charge is 0.457 e. The molecule has 16 aromatic carbocycles. The van der Waals surface area contributed by atoms with Crippen LogP contribution in [-0.2, 0) is 25.7 Å². The molecule has 0 radical (unpaired) electrons. The second kappa shape index (κ2) is 33.1. The highest BCUT2D eigenvalue weighted by Crippen LogP contribution is 2.61. The minimum absolute atomic E-state index is 0.0136. The maximum Gasteiger partial charge on any atom is 0.267 e. The Labute approximate surface area is 769 Å². The number of carbonyl (C=O) groups is 3. The van der Waals surface area contributed by atoms with Gasteiger partial charge < -0.3 is 75.8 Å². The average molecular weight is 1770 g/mol. The Bertz CT molecular complexity index is 7010. The number of fused-ring (bicyclic) bond motifs is 16. The predicted molar refractivity (Wildman–Crippen MR) is 496 cm³/mol. The molecule has 0 amide bonds. The first-order valence-corrected chi connectivity index (χ1v) is 45.1. The van der Waals surface area contributed by atoms with E-state index >= 15 is 0 Å². The number of rotatable bonds is 15. The highest BCUT2D eigenvalue weighted by molar-refractivity contribution is 5.87. The van der Waals surface area contributed by atoms with Crippen LogP contribution < -0.4 is 75.8 Å². The molecule has 4 unspecified atom stereocenters. The monoisotopic (exact) mass is 1760 g/mol. The van der Waals surface area contributed by atoms with Crippen molar-refractivity contribution < 1.29 is 90.2 Å². The van der Waals surface area contributed by atoms with E-state index in [-0.39, 0.29) is 97.2 Å². The van der Waals surface area contributed by atoms with E-state index in [0.29, 0.717) is 150 Å². The number of hydrogen-bond donors (Lipinski definition) is 0. The SMILES string of the molecule is O=Cc1c2cc3cc1Oc1cccc(c1)Oc1cc4cc(c1C=O)Oc1cccc(c1)Oc1cc5cc(c1)C1Oc6cc7c8cc6C(CCc6ccccc6)c6cc9c(cc6O1)O[C@H]4Oc1cc4c(cc1[C@H]9CCc1ccccc1)C(CCc1ccccc1)c1cc(c(cc1OC3O4)O[C@@H](O7)c1cc(c(C=O)c(c1)Oc1cccc(c1)O2)Oc1cccc(c1)O5)[C@@H]8CCc1ccccc1. The van der Waals surface area contributed by atoms with Crippen molar-refractivity contribution in [2.75, 3.05) is 0 Å². The molecular formula is C115H80O19. The molecule has 16 aromatic rings. The topological polar surface area (TPSA) is 199 Å². The summed E-state index contributed by atoms with van der Waals surface area (Å²) < 4.78 is 121. The van der Waals surface area contributed by atoms with Gasteiger partial charge in [-0.15, -0.1) is 0 Å². The van der Waals surface area contributed by atoms with Gasteiger partial charge in [0.2, 0.25) is 0 Å². The molecule has 0 aromatic heterocycles. The lowest BCUT2D eigenvalue weighted by Gasteiger charge is -2.38. The van der Waals surface area contributed by atoms with Crippen molar-refractivity contribution in [2.45, 2.75) is 100 Å². The summed E-state index contributed by atoms with van der Waals surface area (Å²) in [6, 6.07) is 103. The summed E-state index contributed by atoms with van der Waals surface area (Å²) in [7, 11) is 0. The molecule has 9 aliphatic rings. The van der Waals surface area contributed by atoms with E-state index in [2.05, 4.69) is 121 Å². The van der Waals surface area contributed by atoms with E-state index in [0.717, 1.165) is 66.8 Å². The van der Waals surface area contributed by atoms with Crippen LogP contribution in [0.25, 0.3) is 0 Å². The first kappa shape index (κ1) is 79.5. The lowest BCUT2D eigenvalue weighted by molar-refractivity contribution is -0.0123. The average Bonchev–Trinajstić information content (AvgIpc) is 0.724. The van der Waals surface area contributed by atoms with E-state index in [9.17, 15) is 14.4 Å². The van der Waals surface area contributed by atoms with E-state index in [1.165, 1.54) is 0 Å². The van der Waals surface area contributed by atoms with Gasteiger partial charge in [0, 0.05) is 145 Å². The van der Waals surface area contributed by atoms with Crippen LogP contribution in [0.5, 0.6) is 138 Å². The van der Waals surface area contributed by atoms with Crippen LogP contribution in [-0.4, -0.2) is 18.9 Å². The Balaban J connectivity index is 0.881. The summed E-state index contributed by atoms with van der Waals surface area (Å²) in [5, 5.41) is 0. The molecule has 0 saturated heterocycles. The molecule has 654 valence electrons. The standard InChI is InChI=1S/C115H80O19/c116-62-95-98-43-70-45-100(95)123-77-29-15-31-79(51-77)125-102-47-72-48-103(97(102)64-118)126-80-32-16-30-78(52-80)124-101-46-71-44-99(96(101)63-117)122-76-28-14-26-74(50-76)120-82-42-69(41-81(53-82)119-73-25-13-27-75(49-73)121-98)112-127-104-58-106-89-54-87(104)83(37-33-65-17-5-1-6-18-65)88-55-90-85(39-35-67-21-9-3-10-22-67)92-57-94-86(40-36-68-23-11-4-12-24-68)93-56-91(84(89)38-34-66-19-7-2-8-20-66)108(131-113(70)129-106)60-110(93)133-115(72)134-111(94)61-109(92)132-114(71)130-107(90)59-105(88)128-112/h1-32,41-64,83-86,112-115H,33-40H2/t83?,84-,85+,86?,112?,113-,114+,115?. The third-order valence-corrected chi connectivity index (χ3v) is 26.5. The number of carbonyl (C=O) groups excluding carboxylic acids is 3. The molecule has 1 aliphatic carbocycles. The lowest BCUT2D eigenvalue weighted by atomic mass is 9.75. The van der Waals surface area contributed by atoms with E-state index in [4.69, 9.17) is 75.8 Å². The maximum absolute atomic E-state index is 14.5. The highest BCUT2D eigenvalue weighted by atomic mass is 16.7. The fourth-order valence-corrected chi connectivity index (χ4v) is 20.1. The number of ether oxygens (including phenoxy) is 16. The van der Waals surface area contributed by atoms with Gasteiger partial charge >= 0.3 is 0 Å². The summed E-state index contributed by atoms with van der Waals surface area (Å²) in [6.45, 7) is 0. The second-order valence-electron chi connectivity index (χ2n) is 34.9. The molecule has 8 atom stereocenters. The molecule has 40 bridgehead atoms. The van der Waals surface area contributed by atoms with Crippen LogP contribution >= 0.6 is 0 Å². The van der Waals surface area contributed by atoms with Gasteiger partial charge in [0.1, 0.15) is 138 Å². The van der Waals surface area contributed by atoms with Crippen molar-refractivity contribution >= 4 is 18.9 Å². The fourth-order valence-electron chi connectivity index (χ4n) is 20.1. The fraction of sp³-hybridized carbons (Fsp3) is 0.139. The van der Waals surface area contributed by atoms with Gasteiger partial charge in [-0.05, 0) is 195 Å². The summed E-state index contributed by atoms with van der Waals surface area (Å²) in [5.74, 6) is 3.49. The number of aldehydes is 3. The first-order chi connectivity index (χ1) is 66.0. The maximum atomic E-state index is 14.5. The number of aryl methyl sites for hydroxylation is 4. The van der Waals surface area contributed by atoms with E-state index in [1.54, 1.807) is 140 Å². The normalized spacial score (nSPS) is 18.2. The second-order valence-corrected chi connectivity index (χ2v) is 34.9. The van der Waals surface area contributed by atoms with Gasteiger partial charge in [0.05, 0.1) is 16.7 Å². The van der Waals surface area contributed by atoms with Crippen LogP contribution in [0.2, 0.25) is 0 Å². The highest BCUT2D eigenvalue weighted by Gasteiger charge is 2.44. The zero-order valence-corrected chi connectivity index (χ0v) is 71.9. The molecule has 0 fully saturated rings. The van der Waals surface area contributed by atoms with Crippen molar-refractivity contribution in [1.82, 2.24) is 0 Å². The smallest absolute Gasteiger partial charge is 0.267 e. The molecule has 0 saturated carbocycles. The zero-order chi connectivity index (χ0) is 89.0. The molecular weight excluding hydrogens is 1690 g/mol. The van der Waals surface area contributed by atoms with E-state index in [1.807, 2.05) is 60.7 Å². The van der Waals surface area contributed by atoms with Crippen LogP contribution in [0.4, 0.5) is 0 Å². The Morgan fingerprint density at radius 2 is 0.373 bits per heavy atom. The third-order valence-electron chi connectivity index (χ3n) is 26.5. The Kier molecular flexibility index (Phi) is 19.6. The summed E-state index contributed by atoms with van der Waals surface area (Å²) in [4.78, 5) is 43.6. The summed E-state index contributed by atoms with van der Waals surface area (Å²) in [6.07, 6.45) is 0.590. The summed E-state index contributed by atoms with van der Waals surface area (Å²) in [5.41, 5.74) is 12.2. The van der Waals surface area contributed by atoms with Crippen molar-refractivity contribution in [2.24, 2.45) is 0 Å². The summed E-state index contributed by atoms with van der Waals surface area (Å²) >= 11 is 0. The number of benzene rings is 16. The van der Waals surface area contributed by atoms with Crippen molar-refractivity contribution in [3.8, 4) is 138 Å². The molecule has 8 heterocycles. The minimum atomic E-state index is -1.47. The van der Waals surface area contributed by atoms with Crippen molar-refractivity contribution in [3.05, 3.63) is 427 Å². The van der Waals surface area contributed by atoms with Crippen LogP contribution in [0, 0.1) is 0 Å². The Morgan fingerprint density at radius 3 is 0.582 bits per heavy atom. The van der Waals surface area contributed by atoms with Crippen molar-refractivity contribution in [1.29, 1.82) is 0 Å². The molecule has 8 aliphatic heterocycles. The van der Waals surface area contributed by atoms with Crippen LogP contribution in [0.3, 0.4) is 0 Å².